The van der Waals surface area contributed by atoms with Crippen LogP contribution in [0.25, 0.3) is 10.1 Å². The van der Waals surface area contributed by atoms with Gasteiger partial charge in [-0.3, -0.25) is 4.79 Å². The molecule has 3 aromatic rings. The van der Waals surface area contributed by atoms with Gasteiger partial charge in [-0.05, 0) is 48.7 Å². The lowest BCUT2D eigenvalue weighted by molar-refractivity contribution is 0.0740. The summed E-state index contributed by atoms with van der Waals surface area (Å²) < 4.78 is 26.1. The normalized spacial score (nSPS) is 18.9. The first-order valence-electron chi connectivity index (χ1n) is 9.09. The number of rotatable bonds is 2. The lowest BCUT2D eigenvalue weighted by Crippen LogP contribution is -2.30. The molecule has 0 spiro atoms. The Hall–Kier alpha value is -2.60. The quantitative estimate of drug-likeness (QED) is 0.639. The van der Waals surface area contributed by atoms with Gasteiger partial charge in [0.25, 0.3) is 5.91 Å². The number of amides is 1. The predicted molar refractivity (Wildman–Crippen MR) is 102 cm³/mol. The summed E-state index contributed by atoms with van der Waals surface area (Å²) in [7, 11) is 0. The fraction of sp³-hybridized carbons (Fsp3) is 0.286. The smallest absolute Gasteiger partial charge is 0.264 e. The third kappa shape index (κ3) is 2.84. The Morgan fingerprint density at radius 1 is 1.11 bits per heavy atom. The van der Waals surface area contributed by atoms with Gasteiger partial charge in [0, 0.05) is 16.6 Å². The zero-order valence-electron chi connectivity index (χ0n) is 14.6. The van der Waals surface area contributed by atoms with Gasteiger partial charge in [-0.25, -0.2) is 4.39 Å². The molecule has 2 aromatic carbocycles. The second-order valence-electron chi connectivity index (χ2n) is 6.82. The topological polar surface area (TPSA) is 38.8 Å². The molecule has 0 aliphatic carbocycles. The Bertz CT molecular complexity index is 1030. The van der Waals surface area contributed by atoms with Crippen LogP contribution in [0.5, 0.6) is 11.5 Å². The SMILES string of the molecule is O=C(c1cc2c(F)cccc2s1)N1CCC[C@H]1c1ccc2c(c1)OCCO2. The number of halogens is 1. The molecule has 0 N–H and O–H groups in total. The van der Waals surface area contributed by atoms with Crippen molar-refractivity contribution in [3.8, 4) is 11.5 Å². The van der Waals surface area contributed by atoms with Gasteiger partial charge in [-0.15, -0.1) is 11.3 Å². The van der Waals surface area contributed by atoms with Crippen LogP contribution in [0, 0.1) is 5.82 Å². The van der Waals surface area contributed by atoms with E-state index >= 15 is 0 Å². The molecule has 138 valence electrons. The first-order chi connectivity index (χ1) is 13.2. The Balaban J connectivity index is 1.46. The number of nitrogens with zero attached hydrogens (tertiary/aromatic N) is 1. The summed E-state index contributed by atoms with van der Waals surface area (Å²) in [5.74, 6) is 1.17. The number of hydrogen-bond acceptors (Lipinski definition) is 4. The zero-order chi connectivity index (χ0) is 18.4. The van der Waals surface area contributed by atoms with Gasteiger partial charge in [0.15, 0.2) is 11.5 Å². The zero-order valence-corrected chi connectivity index (χ0v) is 15.4. The lowest BCUT2D eigenvalue weighted by atomic mass is 10.0. The van der Waals surface area contributed by atoms with E-state index in [0.717, 1.165) is 34.6 Å². The third-order valence-corrected chi connectivity index (χ3v) is 6.27. The monoisotopic (exact) mass is 383 g/mol. The van der Waals surface area contributed by atoms with Crippen molar-refractivity contribution in [3.63, 3.8) is 0 Å². The largest absolute Gasteiger partial charge is 0.486 e. The summed E-state index contributed by atoms with van der Waals surface area (Å²) in [6.07, 6.45) is 1.86. The lowest BCUT2D eigenvalue weighted by Gasteiger charge is -2.26. The van der Waals surface area contributed by atoms with Crippen molar-refractivity contribution in [2.24, 2.45) is 0 Å². The Kier molecular flexibility index (Phi) is 4.01. The van der Waals surface area contributed by atoms with Crippen LogP contribution in [-0.4, -0.2) is 30.6 Å². The standard InChI is InChI=1S/C21H18FNO3S/c22-15-3-1-5-19-14(15)12-20(27-19)21(24)23-8-2-4-16(23)13-6-7-17-18(11-13)26-10-9-25-17/h1,3,5-7,11-12,16H,2,4,8-10H2/t16-/m0/s1. The molecule has 1 atom stereocenters. The number of carbonyl (C=O) groups is 1. The van der Waals surface area contributed by atoms with Crippen molar-refractivity contribution in [2.45, 2.75) is 18.9 Å². The maximum atomic E-state index is 14.0. The van der Waals surface area contributed by atoms with Gasteiger partial charge in [-0.1, -0.05) is 12.1 Å². The van der Waals surface area contributed by atoms with Crippen molar-refractivity contribution in [2.75, 3.05) is 19.8 Å². The van der Waals surface area contributed by atoms with Crippen LogP contribution in [-0.2, 0) is 0 Å². The van der Waals surface area contributed by atoms with Gasteiger partial charge in [0.2, 0.25) is 0 Å². The summed E-state index contributed by atoms with van der Waals surface area (Å²) in [4.78, 5) is 15.6. The highest BCUT2D eigenvalue weighted by atomic mass is 32.1. The first-order valence-corrected chi connectivity index (χ1v) is 9.91. The van der Waals surface area contributed by atoms with E-state index in [1.807, 2.05) is 29.2 Å². The van der Waals surface area contributed by atoms with Gasteiger partial charge >= 0.3 is 0 Å². The minimum absolute atomic E-state index is 0.00313. The van der Waals surface area contributed by atoms with E-state index in [4.69, 9.17) is 9.47 Å². The van der Waals surface area contributed by atoms with Gasteiger partial charge in [-0.2, -0.15) is 0 Å². The van der Waals surface area contributed by atoms with E-state index in [-0.39, 0.29) is 17.8 Å². The predicted octanol–water partition coefficient (Wildman–Crippen LogP) is 4.79. The number of carbonyl (C=O) groups excluding carboxylic acids is 1. The van der Waals surface area contributed by atoms with Crippen LogP contribution in [0.4, 0.5) is 4.39 Å². The van der Waals surface area contributed by atoms with Crippen LogP contribution >= 0.6 is 11.3 Å². The van der Waals surface area contributed by atoms with Crippen LogP contribution in [0.3, 0.4) is 0 Å². The van der Waals surface area contributed by atoms with E-state index in [0.29, 0.717) is 30.0 Å². The molecule has 2 aliphatic rings. The molecule has 1 saturated heterocycles. The number of hydrogen-bond donors (Lipinski definition) is 0. The van der Waals surface area contributed by atoms with Crippen LogP contribution in [0.2, 0.25) is 0 Å². The minimum atomic E-state index is -0.285. The van der Waals surface area contributed by atoms with Crippen molar-refractivity contribution in [1.29, 1.82) is 0 Å². The van der Waals surface area contributed by atoms with Crippen LogP contribution in [0.15, 0.2) is 42.5 Å². The van der Waals surface area contributed by atoms with Gasteiger partial charge in [0.05, 0.1) is 10.9 Å². The molecule has 1 amide bonds. The molecular weight excluding hydrogens is 365 g/mol. The van der Waals surface area contributed by atoms with E-state index in [1.165, 1.54) is 17.4 Å². The molecule has 0 radical (unpaired) electrons. The van der Waals surface area contributed by atoms with Gasteiger partial charge < -0.3 is 14.4 Å². The molecule has 0 saturated carbocycles. The average Bonchev–Trinajstić information content (AvgIpc) is 3.35. The molecule has 1 fully saturated rings. The highest BCUT2D eigenvalue weighted by Gasteiger charge is 2.32. The Labute approximate surface area is 160 Å². The van der Waals surface area contributed by atoms with Crippen LogP contribution < -0.4 is 9.47 Å². The minimum Gasteiger partial charge on any atom is -0.486 e. The van der Waals surface area contributed by atoms with Crippen molar-refractivity contribution < 1.29 is 18.7 Å². The summed E-state index contributed by atoms with van der Waals surface area (Å²) in [6.45, 7) is 1.80. The van der Waals surface area contributed by atoms with Crippen molar-refractivity contribution in [3.05, 3.63) is 58.7 Å². The van der Waals surface area contributed by atoms with E-state index in [1.54, 1.807) is 12.1 Å². The second kappa shape index (κ2) is 6.53. The highest BCUT2D eigenvalue weighted by Crippen LogP contribution is 2.39. The summed E-state index contributed by atoms with van der Waals surface area (Å²) in [6, 6.07) is 12.5. The van der Waals surface area contributed by atoms with E-state index in [9.17, 15) is 9.18 Å². The second-order valence-corrected chi connectivity index (χ2v) is 7.91. The molecule has 5 rings (SSSR count). The molecule has 4 nitrogen and oxygen atoms in total. The van der Waals surface area contributed by atoms with E-state index in [2.05, 4.69) is 0 Å². The van der Waals surface area contributed by atoms with Crippen molar-refractivity contribution >= 4 is 27.3 Å². The third-order valence-electron chi connectivity index (χ3n) is 5.18. The van der Waals surface area contributed by atoms with Crippen molar-refractivity contribution in [1.82, 2.24) is 4.90 Å². The number of thiophene rings is 1. The molecule has 3 heterocycles. The molecular formula is C21H18FNO3S. The Morgan fingerprint density at radius 3 is 2.81 bits per heavy atom. The fourth-order valence-electron chi connectivity index (χ4n) is 3.90. The fourth-order valence-corrected chi connectivity index (χ4v) is 4.93. The number of fused-ring (bicyclic) bond motifs is 2. The summed E-state index contributed by atoms with van der Waals surface area (Å²) in [5.41, 5.74) is 1.05. The van der Waals surface area contributed by atoms with Gasteiger partial charge in [0.1, 0.15) is 19.0 Å². The molecule has 27 heavy (non-hydrogen) atoms. The number of likely N-dealkylation sites (tertiary alicyclic amines) is 1. The summed E-state index contributed by atoms with van der Waals surface area (Å²) >= 11 is 1.35. The number of ether oxygens (including phenoxy) is 2. The summed E-state index contributed by atoms with van der Waals surface area (Å²) in [5, 5.41) is 0.515. The molecule has 0 bridgehead atoms. The number of benzene rings is 2. The molecule has 2 aliphatic heterocycles. The first kappa shape index (κ1) is 16.6. The maximum absolute atomic E-state index is 14.0. The Morgan fingerprint density at radius 2 is 1.96 bits per heavy atom. The molecule has 6 heteroatoms. The highest BCUT2D eigenvalue weighted by molar-refractivity contribution is 7.20. The van der Waals surface area contributed by atoms with Crippen LogP contribution in [0.1, 0.15) is 34.1 Å². The average molecular weight is 383 g/mol. The molecule has 1 aromatic heterocycles. The maximum Gasteiger partial charge on any atom is 0.264 e. The molecule has 0 unspecified atom stereocenters. The van der Waals surface area contributed by atoms with E-state index < -0.39 is 0 Å².